The van der Waals surface area contributed by atoms with Crippen LogP contribution < -0.4 is 5.32 Å². The van der Waals surface area contributed by atoms with Crippen molar-refractivity contribution in [3.8, 4) is 0 Å². The van der Waals surface area contributed by atoms with Crippen molar-refractivity contribution >= 4 is 17.1 Å². The maximum atomic E-state index is 14.7. The molecule has 2 N–H and O–H groups in total. The molecule has 0 saturated heterocycles. The fourth-order valence-electron chi connectivity index (χ4n) is 5.56. The highest BCUT2D eigenvalue weighted by Crippen LogP contribution is 2.39. The number of nitrogens with zero attached hydrogens (tertiary/aromatic N) is 4. The molecule has 1 saturated carbocycles. The number of amidine groups is 1. The number of nitrogens with one attached hydrogen (secondary N) is 2. The van der Waals surface area contributed by atoms with Gasteiger partial charge in [-0.25, -0.2) is 13.8 Å². The number of aromatic amines is 1. The molecule has 0 spiro atoms. The van der Waals surface area contributed by atoms with Crippen LogP contribution in [-0.2, 0) is 0 Å². The van der Waals surface area contributed by atoms with Gasteiger partial charge in [0.15, 0.2) is 0 Å². The molecule has 1 atom stereocenters. The molecule has 0 radical (unpaired) electrons. The van der Waals surface area contributed by atoms with Crippen LogP contribution in [-0.4, -0.2) is 52.5 Å². The van der Waals surface area contributed by atoms with Gasteiger partial charge in [0.05, 0.1) is 17.3 Å². The first kappa shape index (κ1) is 23.6. The molecule has 186 valence electrons. The molecule has 1 aromatic carbocycles. The van der Waals surface area contributed by atoms with E-state index in [-0.39, 0.29) is 17.4 Å². The van der Waals surface area contributed by atoms with Gasteiger partial charge in [0.2, 0.25) is 0 Å². The molecule has 1 unspecified atom stereocenters. The molecule has 35 heavy (non-hydrogen) atoms. The van der Waals surface area contributed by atoms with Crippen molar-refractivity contribution in [2.24, 2.45) is 10.9 Å². The van der Waals surface area contributed by atoms with Crippen LogP contribution in [0.3, 0.4) is 0 Å². The number of aromatic nitrogens is 2. The summed E-state index contributed by atoms with van der Waals surface area (Å²) in [5, 5.41) is 10.8. The minimum atomic E-state index is -0.655. The number of H-pyrrole nitrogens is 1. The van der Waals surface area contributed by atoms with Crippen LogP contribution in [0.2, 0.25) is 0 Å². The number of hydrogen-bond donors (Lipinski definition) is 2. The molecule has 6 nitrogen and oxygen atoms in total. The first-order chi connectivity index (χ1) is 16.8. The number of rotatable bonds is 6. The maximum Gasteiger partial charge on any atom is 0.144 e. The van der Waals surface area contributed by atoms with Gasteiger partial charge in [0, 0.05) is 31.9 Å². The summed E-state index contributed by atoms with van der Waals surface area (Å²) >= 11 is 0. The number of allylic oxidation sites excluding steroid dienone is 2. The lowest BCUT2D eigenvalue weighted by Gasteiger charge is -2.40. The Morgan fingerprint density at radius 2 is 1.89 bits per heavy atom. The maximum absolute atomic E-state index is 14.7. The lowest BCUT2D eigenvalue weighted by Crippen LogP contribution is -2.44. The van der Waals surface area contributed by atoms with Crippen molar-refractivity contribution in [1.29, 1.82) is 0 Å². The summed E-state index contributed by atoms with van der Waals surface area (Å²) < 4.78 is 29.5. The second-order valence-corrected chi connectivity index (χ2v) is 10.1. The van der Waals surface area contributed by atoms with Gasteiger partial charge < -0.3 is 15.1 Å². The lowest BCUT2D eigenvalue weighted by atomic mass is 9.98. The van der Waals surface area contributed by atoms with E-state index in [1.165, 1.54) is 50.3 Å². The second kappa shape index (κ2) is 9.47. The van der Waals surface area contributed by atoms with Gasteiger partial charge in [0.1, 0.15) is 34.7 Å². The summed E-state index contributed by atoms with van der Waals surface area (Å²) in [7, 11) is 4.18. The standard InChI is InChI=1S/C27H34F2N6/c1-16-24-26(33-32-16)19-15-22(34(3)14-8-11-18-9-5-6-10-18)35(4)17(2)25(19)31-27(30-24)23-20(28)12-7-13-21(23)29/h7,12-13,15,17-18H,5-6,8-11,14H2,1-4H3,(H,30,31)(H,32,33). The average molecular weight is 481 g/mol. The summed E-state index contributed by atoms with van der Waals surface area (Å²) in [6.45, 7) is 4.93. The normalized spacial score (nSPS) is 20.2. The Morgan fingerprint density at radius 3 is 2.60 bits per heavy atom. The van der Waals surface area contributed by atoms with E-state index < -0.39 is 11.6 Å². The number of aliphatic imine (C=N–C) groups is 1. The van der Waals surface area contributed by atoms with Gasteiger partial charge in [-0.2, -0.15) is 5.10 Å². The molecule has 2 aliphatic heterocycles. The topological polar surface area (TPSA) is 59.6 Å². The van der Waals surface area contributed by atoms with Crippen molar-refractivity contribution in [1.82, 2.24) is 25.3 Å². The van der Waals surface area contributed by atoms with E-state index in [0.29, 0.717) is 11.4 Å². The van der Waals surface area contributed by atoms with Crippen molar-refractivity contribution in [2.75, 3.05) is 20.6 Å². The lowest BCUT2D eigenvalue weighted by molar-refractivity contribution is 0.230. The summed E-state index contributed by atoms with van der Waals surface area (Å²) in [5.74, 6) is 0.816. The van der Waals surface area contributed by atoms with Crippen LogP contribution in [0, 0.1) is 24.5 Å². The Hall–Kier alpha value is -3.16. The minimum Gasteiger partial charge on any atom is -0.361 e. The molecule has 0 bridgehead atoms. The van der Waals surface area contributed by atoms with Crippen molar-refractivity contribution in [2.45, 2.75) is 58.4 Å². The Bertz CT molecular complexity index is 1180. The molecular weight excluding hydrogens is 446 g/mol. The molecular formula is C27H34F2N6. The summed E-state index contributed by atoms with van der Waals surface area (Å²) in [5.41, 5.74) is 3.58. The van der Waals surface area contributed by atoms with Crippen LogP contribution in [0.5, 0.6) is 0 Å². The zero-order valence-corrected chi connectivity index (χ0v) is 21.0. The highest BCUT2D eigenvalue weighted by Gasteiger charge is 2.33. The van der Waals surface area contributed by atoms with Gasteiger partial charge in [0.25, 0.3) is 0 Å². The summed E-state index contributed by atoms with van der Waals surface area (Å²) in [6, 6.07) is 3.78. The Kier molecular flexibility index (Phi) is 6.38. The fraction of sp³-hybridized carbons (Fsp3) is 0.481. The average Bonchev–Trinajstić information content (AvgIpc) is 3.43. The quantitative estimate of drug-likeness (QED) is 0.576. The van der Waals surface area contributed by atoms with Crippen LogP contribution in [0.25, 0.3) is 5.57 Å². The van der Waals surface area contributed by atoms with Crippen molar-refractivity contribution in [3.63, 3.8) is 0 Å². The van der Waals surface area contributed by atoms with E-state index in [1.54, 1.807) is 0 Å². The van der Waals surface area contributed by atoms with E-state index in [1.807, 2.05) is 6.92 Å². The number of fused-ring (bicyclic) bond motifs is 2. The van der Waals surface area contributed by atoms with Crippen molar-refractivity contribution < 1.29 is 8.78 Å². The monoisotopic (exact) mass is 480 g/mol. The third-order valence-electron chi connectivity index (χ3n) is 7.74. The molecule has 0 amide bonds. The Balaban J connectivity index is 1.50. The number of aryl methyl sites for hydroxylation is 1. The van der Waals surface area contributed by atoms with Gasteiger partial charge >= 0.3 is 0 Å². The van der Waals surface area contributed by atoms with Gasteiger partial charge in [-0.3, -0.25) is 5.10 Å². The first-order valence-corrected chi connectivity index (χ1v) is 12.6. The molecule has 1 aromatic heterocycles. The van der Waals surface area contributed by atoms with Gasteiger partial charge in [-0.05, 0) is 50.8 Å². The van der Waals surface area contributed by atoms with E-state index in [9.17, 15) is 8.78 Å². The third kappa shape index (κ3) is 4.34. The molecule has 5 rings (SSSR count). The number of halogens is 2. The Morgan fingerprint density at radius 1 is 1.17 bits per heavy atom. The molecule has 1 fully saturated rings. The smallest absolute Gasteiger partial charge is 0.144 e. The highest BCUT2D eigenvalue weighted by molar-refractivity contribution is 6.05. The second-order valence-electron chi connectivity index (χ2n) is 10.1. The number of benzene rings is 1. The number of hydrogen-bond acceptors (Lipinski definition) is 5. The van der Waals surface area contributed by atoms with E-state index in [2.05, 4.69) is 57.4 Å². The minimum absolute atomic E-state index is 0.0785. The molecule has 1 aliphatic carbocycles. The molecule has 2 aromatic rings. The first-order valence-electron chi connectivity index (χ1n) is 12.6. The fourth-order valence-corrected chi connectivity index (χ4v) is 5.56. The Labute approximate surface area is 205 Å². The molecule has 8 heteroatoms. The SMILES string of the molecule is Cc1[nH]nc2c1N=C(c1c(F)cccc1F)NC1=C2C=C(N(C)CCCC2CCCC2)N(C)C1C. The van der Waals surface area contributed by atoms with E-state index in [0.717, 1.165) is 41.7 Å². The van der Waals surface area contributed by atoms with Crippen LogP contribution >= 0.6 is 0 Å². The third-order valence-corrected chi connectivity index (χ3v) is 7.74. The number of likely N-dealkylation sites (N-methyl/N-ethyl adjacent to an activating group) is 1. The largest absolute Gasteiger partial charge is 0.361 e. The van der Waals surface area contributed by atoms with Crippen LogP contribution in [0.4, 0.5) is 14.5 Å². The van der Waals surface area contributed by atoms with Crippen LogP contribution in [0.15, 0.2) is 40.8 Å². The predicted molar refractivity (Wildman–Crippen MR) is 135 cm³/mol. The zero-order chi connectivity index (χ0) is 24.7. The van der Waals surface area contributed by atoms with Gasteiger partial charge in [-0.15, -0.1) is 0 Å². The summed E-state index contributed by atoms with van der Waals surface area (Å²) in [4.78, 5) is 9.17. The predicted octanol–water partition coefficient (Wildman–Crippen LogP) is 5.47. The van der Waals surface area contributed by atoms with Gasteiger partial charge in [-0.1, -0.05) is 31.7 Å². The van der Waals surface area contributed by atoms with Crippen molar-refractivity contribution in [3.05, 3.63) is 64.4 Å². The van der Waals surface area contributed by atoms with Crippen LogP contribution in [0.1, 0.15) is 62.4 Å². The summed E-state index contributed by atoms with van der Waals surface area (Å²) in [6.07, 6.45) is 10.1. The molecule has 3 aliphatic rings. The molecule has 3 heterocycles. The zero-order valence-electron chi connectivity index (χ0n) is 21.0. The van der Waals surface area contributed by atoms with E-state index >= 15 is 0 Å². The highest BCUT2D eigenvalue weighted by atomic mass is 19.1. The van der Waals surface area contributed by atoms with E-state index in [4.69, 9.17) is 0 Å².